The highest BCUT2D eigenvalue weighted by atomic mass is 32.1. The molecule has 5 atom stereocenters. The Labute approximate surface area is 210 Å². The molecule has 0 amide bonds. The van der Waals surface area contributed by atoms with Gasteiger partial charge in [-0.3, -0.25) is 10.1 Å². The van der Waals surface area contributed by atoms with Crippen molar-refractivity contribution in [3.63, 3.8) is 0 Å². The second-order valence-electron chi connectivity index (χ2n) is 8.36. The van der Waals surface area contributed by atoms with Crippen LogP contribution in [-0.2, 0) is 38.8 Å². The fraction of sp³-hybridized carbons (Fsp3) is 0.333. The van der Waals surface area contributed by atoms with E-state index in [1.807, 2.05) is 91.0 Å². The topological polar surface area (TPSA) is 80.1 Å². The van der Waals surface area contributed by atoms with Crippen LogP contribution in [0.2, 0.25) is 0 Å². The standard InChI is InChI=1S/C27H29NO6S/c29-28(30)24-26(33-18-22-14-8-3-9-15-22)25(32-17-21-12-6-2-7-13-21)23(34-27(24)35)19-31-16-20-10-4-1-5-11-20/h1-15,23-27,35H,16-19H2/t23-,24-,25+,26-,27?/m1/s1. The van der Waals surface area contributed by atoms with Crippen molar-refractivity contribution in [1.29, 1.82) is 0 Å². The Hall–Kier alpha value is -2.75. The Kier molecular flexibility index (Phi) is 9.28. The molecule has 1 saturated heterocycles. The van der Waals surface area contributed by atoms with Crippen LogP contribution in [0.5, 0.6) is 0 Å². The van der Waals surface area contributed by atoms with E-state index in [1.165, 1.54) is 0 Å². The highest BCUT2D eigenvalue weighted by molar-refractivity contribution is 7.80. The van der Waals surface area contributed by atoms with Gasteiger partial charge in [-0.1, -0.05) is 91.0 Å². The van der Waals surface area contributed by atoms with Crippen LogP contribution in [0.1, 0.15) is 16.7 Å². The lowest BCUT2D eigenvalue weighted by Crippen LogP contribution is -2.61. The van der Waals surface area contributed by atoms with Crippen molar-refractivity contribution in [2.24, 2.45) is 0 Å². The first-order valence-electron chi connectivity index (χ1n) is 11.5. The number of nitro groups is 1. The van der Waals surface area contributed by atoms with E-state index in [2.05, 4.69) is 12.6 Å². The third-order valence-corrected chi connectivity index (χ3v) is 6.27. The highest BCUT2D eigenvalue weighted by Gasteiger charge is 2.53. The summed E-state index contributed by atoms with van der Waals surface area (Å²) >= 11 is 4.41. The van der Waals surface area contributed by atoms with Crippen LogP contribution >= 0.6 is 12.6 Å². The molecule has 35 heavy (non-hydrogen) atoms. The van der Waals surface area contributed by atoms with Crippen molar-refractivity contribution in [2.45, 2.75) is 49.6 Å². The van der Waals surface area contributed by atoms with Gasteiger partial charge in [-0.15, -0.1) is 12.6 Å². The molecule has 0 radical (unpaired) electrons. The first kappa shape index (κ1) is 25.3. The van der Waals surface area contributed by atoms with E-state index in [9.17, 15) is 10.1 Å². The van der Waals surface area contributed by atoms with Crippen molar-refractivity contribution in [3.05, 3.63) is 118 Å². The molecule has 3 aromatic carbocycles. The number of thiol groups is 1. The van der Waals surface area contributed by atoms with Crippen LogP contribution < -0.4 is 0 Å². The van der Waals surface area contributed by atoms with E-state index in [0.29, 0.717) is 6.61 Å². The van der Waals surface area contributed by atoms with E-state index in [1.54, 1.807) is 0 Å². The molecular weight excluding hydrogens is 466 g/mol. The Morgan fingerprint density at radius 3 is 1.69 bits per heavy atom. The first-order chi connectivity index (χ1) is 17.1. The minimum atomic E-state index is -1.20. The SMILES string of the molecule is O=[N+]([O-])[C@H]1C(S)O[C@H](COCc2ccccc2)[C@H](OCc2ccccc2)[C@@H]1OCc1ccccc1. The Morgan fingerprint density at radius 2 is 1.20 bits per heavy atom. The number of ether oxygens (including phenoxy) is 4. The molecule has 3 aromatic rings. The monoisotopic (exact) mass is 495 g/mol. The van der Waals surface area contributed by atoms with Crippen LogP contribution in [0.15, 0.2) is 91.0 Å². The number of hydrogen-bond donors (Lipinski definition) is 1. The zero-order valence-corrected chi connectivity index (χ0v) is 20.1. The maximum atomic E-state index is 12.0. The molecule has 0 aliphatic carbocycles. The Balaban J connectivity index is 1.52. The summed E-state index contributed by atoms with van der Waals surface area (Å²) in [5.74, 6) is 0. The lowest BCUT2D eigenvalue weighted by molar-refractivity contribution is -0.554. The zero-order valence-electron chi connectivity index (χ0n) is 19.2. The first-order valence-corrected chi connectivity index (χ1v) is 12.0. The van der Waals surface area contributed by atoms with Crippen LogP contribution in [0, 0.1) is 10.1 Å². The summed E-state index contributed by atoms with van der Waals surface area (Å²) in [7, 11) is 0. The molecule has 1 aliphatic rings. The van der Waals surface area contributed by atoms with E-state index < -0.39 is 34.7 Å². The zero-order chi connectivity index (χ0) is 24.5. The van der Waals surface area contributed by atoms with Gasteiger partial charge in [0.05, 0.1) is 26.4 Å². The second-order valence-corrected chi connectivity index (χ2v) is 8.87. The van der Waals surface area contributed by atoms with Gasteiger partial charge in [-0.05, 0) is 16.7 Å². The number of nitrogens with zero attached hydrogens (tertiary/aromatic N) is 1. The highest BCUT2D eigenvalue weighted by Crippen LogP contribution is 2.31. The maximum Gasteiger partial charge on any atom is 0.276 e. The number of rotatable bonds is 11. The molecule has 0 N–H and O–H groups in total. The third kappa shape index (κ3) is 7.13. The molecule has 1 heterocycles. The summed E-state index contributed by atoms with van der Waals surface area (Å²) in [4.78, 5) is 11.6. The molecule has 1 unspecified atom stereocenters. The van der Waals surface area contributed by atoms with Gasteiger partial charge in [-0.2, -0.15) is 0 Å². The molecule has 0 bridgehead atoms. The van der Waals surface area contributed by atoms with Gasteiger partial charge in [0.1, 0.15) is 12.2 Å². The van der Waals surface area contributed by atoms with E-state index >= 15 is 0 Å². The molecule has 8 heteroatoms. The fourth-order valence-corrected chi connectivity index (χ4v) is 4.49. The third-order valence-electron chi connectivity index (χ3n) is 5.84. The van der Waals surface area contributed by atoms with Crippen molar-refractivity contribution in [1.82, 2.24) is 0 Å². The summed E-state index contributed by atoms with van der Waals surface area (Å²) in [5, 5.41) is 12.0. The molecule has 0 aromatic heterocycles. The van der Waals surface area contributed by atoms with Gasteiger partial charge in [0.15, 0.2) is 11.5 Å². The number of benzene rings is 3. The average molecular weight is 496 g/mol. The predicted octanol–water partition coefficient (Wildman–Crippen LogP) is 4.67. The van der Waals surface area contributed by atoms with Crippen LogP contribution in [0.4, 0.5) is 0 Å². The van der Waals surface area contributed by atoms with Crippen LogP contribution in [0.3, 0.4) is 0 Å². The van der Waals surface area contributed by atoms with Gasteiger partial charge in [0, 0.05) is 4.92 Å². The Bertz CT molecular complexity index is 1040. The van der Waals surface area contributed by atoms with Gasteiger partial charge in [0.2, 0.25) is 0 Å². The van der Waals surface area contributed by atoms with Gasteiger partial charge < -0.3 is 18.9 Å². The molecule has 1 aliphatic heterocycles. The second kappa shape index (κ2) is 12.8. The van der Waals surface area contributed by atoms with Crippen molar-refractivity contribution >= 4 is 12.6 Å². The lowest BCUT2D eigenvalue weighted by atomic mass is 9.97. The largest absolute Gasteiger partial charge is 0.374 e. The smallest absolute Gasteiger partial charge is 0.276 e. The van der Waals surface area contributed by atoms with Gasteiger partial charge in [0.25, 0.3) is 6.04 Å². The minimum Gasteiger partial charge on any atom is -0.374 e. The summed E-state index contributed by atoms with van der Waals surface area (Å²) in [6, 6.07) is 27.8. The Morgan fingerprint density at radius 1 is 0.743 bits per heavy atom. The van der Waals surface area contributed by atoms with Gasteiger partial charge in [-0.25, -0.2) is 0 Å². The summed E-state index contributed by atoms with van der Waals surface area (Å²) in [6.45, 7) is 1.04. The lowest BCUT2D eigenvalue weighted by Gasteiger charge is -2.41. The fourth-order valence-electron chi connectivity index (χ4n) is 4.06. The number of hydrogen-bond acceptors (Lipinski definition) is 7. The minimum absolute atomic E-state index is 0.182. The van der Waals surface area contributed by atoms with E-state index in [-0.39, 0.29) is 19.8 Å². The van der Waals surface area contributed by atoms with Gasteiger partial charge >= 0.3 is 0 Å². The van der Waals surface area contributed by atoms with Crippen molar-refractivity contribution in [3.8, 4) is 0 Å². The normalized spacial score (nSPS) is 24.2. The van der Waals surface area contributed by atoms with Crippen molar-refractivity contribution < 1.29 is 23.9 Å². The summed E-state index contributed by atoms with van der Waals surface area (Å²) in [5.41, 5.74) is 1.92. The molecule has 4 rings (SSSR count). The van der Waals surface area contributed by atoms with E-state index in [0.717, 1.165) is 16.7 Å². The molecule has 1 fully saturated rings. The summed E-state index contributed by atoms with van der Waals surface area (Å²) in [6.07, 6.45) is -2.20. The van der Waals surface area contributed by atoms with Crippen molar-refractivity contribution in [2.75, 3.05) is 6.61 Å². The predicted molar refractivity (Wildman–Crippen MR) is 135 cm³/mol. The maximum absolute atomic E-state index is 12.0. The molecular formula is C27H29NO6S. The van der Waals surface area contributed by atoms with E-state index in [4.69, 9.17) is 18.9 Å². The quantitative estimate of drug-likeness (QED) is 0.237. The molecule has 0 spiro atoms. The molecule has 184 valence electrons. The molecule has 0 saturated carbocycles. The van der Waals surface area contributed by atoms with Crippen LogP contribution in [0.25, 0.3) is 0 Å². The average Bonchev–Trinajstić information content (AvgIpc) is 2.88. The molecule has 7 nitrogen and oxygen atoms in total. The summed E-state index contributed by atoms with van der Waals surface area (Å²) < 4.78 is 24.3. The van der Waals surface area contributed by atoms with Crippen LogP contribution in [-0.4, -0.2) is 41.3 Å².